The van der Waals surface area contributed by atoms with Gasteiger partial charge in [0.15, 0.2) is 11.5 Å². The molecule has 0 saturated carbocycles. The number of alkyl halides is 3. The van der Waals surface area contributed by atoms with Gasteiger partial charge in [0.1, 0.15) is 16.7 Å². The SMILES string of the molecule is CC#CCn1c(N2CCN(C(=O)O)CC2)nc(C(C)=O)c1C(=O)OCC.CC#CCn1c(N2CCNCC2)nc2c(C)nn(C)c(=O)c21.O=C(O)C(F)(F)F. The number of aryl methyl sites for hydroxylation is 2. The Morgan fingerprint density at radius 3 is 1.91 bits per heavy atom. The average Bonchev–Trinajstić information content (AvgIpc) is 3.73. The second-order valence-corrected chi connectivity index (χ2v) is 11.8. The van der Waals surface area contributed by atoms with E-state index in [9.17, 15) is 32.3 Å². The van der Waals surface area contributed by atoms with Crippen LogP contribution in [0.5, 0.6) is 0 Å². The molecule has 0 unspecified atom stereocenters. The zero-order valence-corrected chi connectivity index (χ0v) is 31.3. The van der Waals surface area contributed by atoms with Crippen molar-refractivity contribution >= 4 is 46.7 Å². The van der Waals surface area contributed by atoms with E-state index in [1.165, 1.54) is 16.5 Å². The lowest BCUT2D eigenvalue weighted by Crippen LogP contribution is -2.49. The summed E-state index contributed by atoms with van der Waals surface area (Å²) in [6, 6.07) is 0. The molecule has 18 nitrogen and oxygen atoms in total. The molecule has 21 heteroatoms. The maximum atomic E-state index is 12.5. The maximum absolute atomic E-state index is 12.5. The molecule has 5 heterocycles. The Hall–Kier alpha value is -6.09. The van der Waals surface area contributed by atoms with Gasteiger partial charge in [-0.15, -0.1) is 11.8 Å². The zero-order chi connectivity index (χ0) is 41.0. The molecule has 0 atom stereocenters. The standard InChI is InChI=1S/C17H22N4O5.C15H20N6O.C2HF3O2/c1-4-6-7-21-14(15(23)26-5-2)13(12(3)22)18-16(21)19-8-10-20(11-9-19)17(24)25;1-4-5-8-21-13-12(11(2)18-19(3)14(13)22)17-15(21)20-9-6-16-7-10-20;3-2(4,5)1(6)7/h5,7-11H2,1-3H3,(H,24,25);16H,6-10H2,1-3H3;(H,6,7). The second kappa shape index (κ2) is 19.3. The van der Waals surface area contributed by atoms with E-state index in [2.05, 4.69) is 44.0 Å². The van der Waals surface area contributed by atoms with Crippen molar-refractivity contribution in [2.24, 2.45) is 7.05 Å². The summed E-state index contributed by atoms with van der Waals surface area (Å²) in [4.78, 5) is 71.4. The topological polar surface area (TPSA) is 210 Å². The molecule has 0 aromatic carbocycles. The molecule has 3 aromatic heterocycles. The maximum Gasteiger partial charge on any atom is 0.490 e. The fourth-order valence-corrected chi connectivity index (χ4v) is 5.54. The number of Topliss-reactive ketones (excluding diaryl/α,β-unsaturated/α-hetero) is 1. The van der Waals surface area contributed by atoms with Gasteiger partial charge in [-0.3, -0.25) is 18.7 Å². The molecular weight excluding hydrogens is 733 g/mol. The number of carbonyl (C=O) groups is 4. The Balaban J connectivity index is 0.000000254. The summed E-state index contributed by atoms with van der Waals surface area (Å²) in [5.74, 6) is 9.10. The summed E-state index contributed by atoms with van der Waals surface area (Å²) < 4.78 is 41.7. The van der Waals surface area contributed by atoms with Gasteiger partial charge in [0.05, 0.1) is 25.4 Å². The third kappa shape index (κ3) is 10.8. The predicted octanol–water partition coefficient (Wildman–Crippen LogP) is 1.59. The number of halogens is 3. The summed E-state index contributed by atoms with van der Waals surface area (Å²) in [5, 5.41) is 23.8. The van der Waals surface area contributed by atoms with E-state index in [0.29, 0.717) is 49.7 Å². The normalized spacial score (nSPS) is 13.9. The van der Waals surface area contributed by atoms with Gasteiger partial charge in [0, 0.05) is 66.3 Å². The lowest BCUT2D eigenvalue weighted by Gasteiger charge is -2.33. The van der Waals surface area contributed by atoms with Crippen molar-refractivity contribution in [3.05, 3.63) is 27.4 Å². The largest absolute Gasteiger partial charge is 0.490 e. The fraction of sp³-hybridized carbons (Fsp3) is 0.529. The van der Waals surface area contributed by atoms with Crippen molar-refractivity contribution < 1.29 is 47.3 Å². The first-order valence-electron chi connectivity index (χ1n) is 17.0. The summed E-state index contributed by atoms with van der Waals surface area (Å²) in [5.41, 5.74) is 2.01. The Labute approximate surface area is 313 Å². The van der Waals surface area contributed by atoms with Crippen LogP contribution in [0.1, 0.15) is 54.4 Å². The molecule has 2 fully saturated rings. The monoisotopic (exact) mass is 776 g/mol. The number of ketones is 1. The highest BCUT2D eigenvalue weighted by atomic mass is 19.4. The minimum absolute atomic E-state index is 0.0389. The van der Waals surface area contributed by atoms with Crippen molar-refractivity contribution in [1.82, 2.24) is 39.1 Å². The van der Waals surface area contributed by atoms with Crippen LogP contribution < -0.4 is 20.7 Å². The van der Waals surface area contributed by atoms with Crippen molar-refractivity contribution in [3.63, 3.8) is 0 Å². The summed E-state index contributed by atoms with van der Waals surface area (Å²) >= 11 is 0. The second-order valence-electron chi connectivity index (χ2n) is 11.8. The number of aromatic nitrogens is 6. The number of imidazole rings is 2. The first kappa shape index (κ1) is 43.3. The van der Waals surface area contributed by atoms with Crippen LogP contribution in [0.4, 0.5) is 29.9 Å². The Bertz CT molecular complexity index is 2070. The first-order chi connectivity index (χ1) is 26.0. The molecule has 55 heavy (non-hydrogen) atoms. The van der Waals surface area contributed by atoms with E-state index in [-0.39, 0.29) is 35.9 Å². The van der Waals surface area contributed by atoms with Gasteiger partial charge in [-0.05, 0) is 27.7 Å². The molecule has 0 spiro atoms. The van der Waals surface area contributed by atoms with Crippen LogP contribution in [-0.2, 0) is 29.7 Å². The number of amides is 1. The lowest BCUT2D eigenvalue weighted by molar-refractivity contribution is -0.192. The van der Waals surface area contributed by atoms with Crippen molar-refractivity contribution in [2.45, 2.75) is 53.9 Å². The number of esters is 1. The highest BCUT2D eigenvalue weighted by molar-refractivity contribution is 6.03. The number of carboxylic acids is 1. The van der Waals surface area contributed by atoms with Gasteiger partial charge in [-0.1, -0.05) is 11.8 Å². The molecule has 0 aliphatic carbocycles. The number of hydrogen-bond acceptors (Lipinski definition) is 12. The Morgan fingerprint density at radius 1 is 0.891 bits per heavy atom. The average molecular weight is 777 g/mol. The van der Waals surface area contributed by atoms with Gasteiger partial charge in [0.25, 0.3) is 5.56 Å². The number of nitrogens with one attached hydrogen (secondary N) is 1. The molecule has 0 radical (unpaired) electrons. The van der Waals surface area contributed by atoms with E-state index in [0.717, 1.165) is 37.8 Å². The number of anilines is 2. The number of hydrogen-bond donors (Lipinski definition) is 3. The number of rotatable bonds is 7. The third-order valence-corrected chi connectivity index (χ3v) is 8.14. The quantitative estimate of drug-likeness (QED) is 0.177. The van der Waals surface area contributed by atoms with Crippen LogP contribution in [0, 0.1) is 30.6 Å². The van der Waals surface area contributed by atoms with Crippen LogP contribution in [0.25, 0.3) is 11.0 Å². The number of ether oxygens (including phenoxy) is 1. The van der Waals surface area contributed by atoms with Crippen molar-refractivity contribution in [1.29, 1.82) is 0 Å². The predicted molar refractivity (Wildman–Crippen MR) is 193 cm³/mol. The molecule has 5 rings (SSSR count). The molecule has 1 amide bonds. The van der Waals surface area contributed by atoms with E-state index in [4.69, 9.17) is 24.7 Å². The first-order valence-corrected chi connectivity index (χ1v) is 17.0. The smallest absolute Gasteiger partial charge is 0.475 e. The van der Waals surface area contributed by atoms with Gasteiger partial charge in [-0.25, -0.2) is 29.0 Å². The number of carbonyl (C=O) groups excluding carboxylic acids is 2. The van der Waals surface area contributed by atoms with E-state index in [1.54, 1.807) is 32.4 Å². The van der Waals surface area contributed by atoms with E-state index in [1.807, 2.05) is 16.4 Å². The van der Waals surface area contributed by atoms with Crippen molar-refractivity contribution in [2.75, 3.05) is 68.8 Å². The van der Waals surface area contributed by atoms with Gasteiger partial charge in [0.2, 0.25) is 11.9 Å². The van der Waals surface area contributed by atoms with Crippen LogP contribution in [0.15, 0.2) is 4.79 Å². The molecular formula is C34H43F3N10O8. The van der Waals surface area contributed by atoms with Gasteiger partial charge >= 0.3 is 24.2 Å². The van der Waals surface area contributed by atoms with Crippen LogP contribution >= 0.6 is 0 Å². The lowest BCUT2D eigenvalue weighted by atomic mass is 10.2. The zero-order valence-electron chi connectivity index (χ0n) is 31.3. The summed E-state index contributed by atoms with van der Waals surface area (Å²) in [6.07, 6.45) is -6.05. The number of piperazine rings is 2. The summed E-state index contributed by atoms with van der Waals surface area (Å²) in [7, 11) is 1.67. The molecule has 298 valence electrons. The molecule has 3 N–H and O–H groups in total. The highest BCUT2D eigenvalue weighted by Crippen LogP contribution is 2.24. The molecule has 0 bridgehead atoms. The Morgan fingerprint density at radius 2 is 1.42 bits per heavy atom. The number of fused-ring (bicyclic) bond motifs is 1. The summed E-state index contributed by atoms with van der Waals surface area (Å²) in [6.45, 7) is 14.2. The van der Waals surface area contributed by atoms with Crippen LogP contribution in [0.3, 0.4) is 0 Å². The highest BCUT2D eigenvalue weighted by Gasteiger charge is 2.38. The van der Waals surface area contributed by atoms with Gasteiger partial charge < -0.3 is 35.0 Å². The van der Waals surface area contributed by atoms with E-state index < -0.39 is 24.2 Å². The Kier molecular flexibility index (Phi) is 15.2. The molecule has 2 aliphatic rings. The molecule has 3 aromatic rings. The minimum Gasteiger partial charge on any atom is -0.475 e. The number of nitrogens with zero attached hydrogens (tertiary/aromatic N) is 9. The minimum atomic E-state index is -5.08. The van der Waals surface area contributed by atoms with Crippen LogP contribution in [-0.4, -0.2) is 133 Å². The molecule has 2 aliphatic heterocycles. The molecule has 2 saturated heterocycles. The van der Waals surface area contributed by atoms with Gasteiger partial charge in [-0.2, -0.15) is 18.3 Å². The fourth-order valence-electron chi connectivity index (χ4n) is 5.54. The number of aliphatic carboxylic acids is 1. The van der Waals surface area contributed by atoms with Crippen LogP contribution in [0.2, 0.25) is 0 Å². The van der Waals surface area contributed by atoms with E-state index >= 15 is 0 Å². The number of carboxylic acid groups (broad SMARTS) is 2. The third-order valence-electron chi connectivity index (χ3n) is 8.14. The van der Waals surface area contributed by atoms with Crippen molar-refractivity contribution in [3.8, 4) is 23.7 Å².